The highest BCUT2D eigenvalue weighted by atomic mass is 32.2. The van der Waals surface area contributed by atoms with Crippen LogP contribution in [0.4, 0.5) is 17.1 Å². The molecule has 8 heteroatoms. The highest BCUT2D eigenvalue weighted by Crippen LogP contribution is 2.24. The number of benzene rings is 3. The van der Waals surface area contributed by atoms with Gasteiger partial charge in [-0.05, 0) is 67.4 Å². The van der Waals surface area contributed by atoms with Gasteiger partial charge in [-0.3, -0.25) is 5.43 Å². The molecule has 4 rings (SSSR count). The van der Waals surface area contributed by atoms with Crippen LogP contribution < -0.4 is 20.4 Å². The van der Waals surface area contributed by atoms with E-state index in [1.54, 1.807) is 18.3 Å². The fourth-order valence-electron chi connectivity index (χ4n) is 4.04. The van der Waals surface area contributed by atoms with Crippen molar-refractivity contribution in [3.05, 3.63) is 83.4 Å². The zero-order valence-electron chi connectivity index (χ0n) is 18.9. The number of rotatable bonds is 6. The zero-order valence-corrected chi connectivity index (χ0v) is 19.7. The molecule has 7 nitrogen and oxygen atoms in total. The second-order valence-corrected chi connectivity index (χ2v) is 9.86. The van der Waals surface area contributed by atoms with Crippen molar-refractivity contribution >= 4 is 33.3 Å². The molecular formula is C25H29N5O2S. The van der Waals surface area contributed by atoms with Crippen LogP contribution in [-0.4, -0.2) is 40.8 Å². The van der Waals surface area contributed by atoms with Gasteiger partial charge in [-0.15, -0.1) is 0 Å². The molecule has 0 unspecified atom stereocenters. The third kappa shape index (κ3) is 5.71. The van der Waals surface area contributed by atoms with Crippen molar-refractivity contribution in [2.75, 3.05) is 41.4 Å². The van der Waals surface area contributed by atoms with Gasteiger partial charge in [0.1, 0.15) is 0 Å². The van der Waals surface area contributed by atoms with Gasteiger partial charge >= 0.3 is 0 Å². The Labute approximate surface area is 195 Å². The average molecular weight is 464 g/mol. The van der Waals surface area contributed by atoms with Crippen LogP contribution in [0.25, 0.3) is 0 Å². The molecule has 0 aromatic heterocycles. The van der Waals surface area contributed by atoms with Gasteiger partial charge in [0.2, 0.25) is 10.0 Å². The molecule has 0 atom stereocenters. The first kappa shape index (κ1) is 22.8. The molecule has 0 spiro atoms. The minimum absolute atomic E-state index is 0.0717. The van der Waals surface area contributed by atoms with Crippen LogP contribution in [0.2, 0.25) is 0 Å². The summed E-state index contributed by atoms with van der Waals surface area (Å²) in [6.07, 6.45) is 1.73. The number of hydrogen-bond acceptors (Lipinski definition) is 6. The van der Waals surface area contributed by atoms with Crippen molar-refractivity contribution < 1.29 is 8.42 Å². The van der Waals surface area contributed by atoms with E-state index in [0.717, 1.165) is 31.7 Å². The number of piperazine rings is 1. The number of hydrazone groups is 1. The van der Waals surface area contributed by atoms with Gasteiger partial charge in [0.25, 0.3) is 0 Å². The molecule has 33 heavy (non-hydrogen) atoms. The van der Waals surface area contributed by atoms with Crippen LogP contribution in [0.5, 0.6) is 0 Å². The van der Waals surface area contributed by atoms with Gasteiger partial charge in [-0.25, -0.2) is 13.6 Å². The Morgan fingerprint density at radius 3 is 2.12 bits per heavy atom. The molecule has 3 aromatic rings. The Hall–Kier alpha value is -3.36. The smallest absolute Gasteiger partial charge is 0.238 e. The quantitative estimate of drug-likeness (QED) is 0.429. The Kier molecular flexibility index (Phi) is 6.67. The van der Waals surface area contributed by atoms with E-state index < -0.39 is 10.0 Å². The summed E-state index contributed by atoms with van der Waals surface area (Å²) < 4.78 is 22.6. The predicted molar refractivity (Wildman–Crippen MR) is 136 cm³/mol. The van der Waals surface area contributed by atoms with Gasteiger partial charge in [-0.1, -0.05) is 29.8 Å². The molecule has 0 saturated carbocycles. The highest BCUT2D eigenvalue weighted by Gasteiger charge is 2.18. The third-order valence-corrected chi connectivity index (χ3v) is 6.75. The normalized spacial score (nSPS) is 14.6. The fraction of sp³-hybridized carbons (Fsp3) is 0.240. The first-order valence-electron chi connectivity index (χ1n) is 10.9. The average Bonchev–Trinajstić information content (AvgIpc) is 2.80. The molecule has 1 aliphatic rings. The van der Waals surface area contributed by atoms with Crippen molar-refractivity contribution in [3.8, 4) is 0 Å². The maximum Gasteiger partial charge on any atom is 0.238 e. The minimum Gasteiger partial charge on any atom is -0.368 e. The van der Waals surface area contributed by atoms with E-state index in [0.29, 0.717) is 5.69 Å². The summed E-state index contributed by atoms with van der Waals surface area (Å²) in [7, 11) is -3.69. The van der Waals surface area contributed by atoms with E-state index in [1.807, 2.05) is 12.1 Å². The standard InChI is InChI=1S/C25H29N5O2S/c1-19-3-12-25(20(2)17-19)30-15-13-29(14-16-30)23-8-4-21(5-9-23)18-27-28-22-6-10-24(11-7-22)33(26,31)32/h3-12,17-18,28H,13-16H2,1-2H3,(H2,26,31,32)/b27-18+. The number of nitrogens with two attached hydrogens (primary N) is 1. The van der Waals surface area contributed by atoms with Crippen LogP contribution in [0, 0.1) is 13.8 Å². The molecule has 0 amide bonds. The van der Waals surface area contributed by atoms with Gasteiger partial charge in [0.15, 0.2) is 0 Å². The lowest BCUT2D eigenvalue weighted by Crippen LogP contribution is -2.46. The van der Waals surface area contributed by atoms with Gasteiger partial charge in [-0.2, -0.15) is 5.10 Å². The molecule has 1 saturated heterocycles. The molecule has 3 N–H and O–H groups in total. The molecule has 172 valence electrons. The second-order valence-electron chi connectivity index (χ2n) is 8.29. The summed E-state index contributed by atoms with van der Waals surface area (Å²) in [5.74, 6) is 0. The highest BCUT2D eigenvalue weighted by molar-refractivity contribution is 7.89. The Bertz CT molecular complexity index is 1230. The SMILES string of the molecule is Cc1ccc(N2CCN(c3ccc(/C=N/Nc4ccc(S(N)(=O)=O)cc4)cc3)CC2)c(C)c1. The van der Waals surface area contributed by atoms with Crippen molar-refractivity contribution in [2.45, 2.75) is 18.7 Å². The Balaban J connectivity index is 1.31. The number of primary sulfonamides is 1. The molecule has 0 aliphatic carbocycles. The van der Waals surface area contributed by atoms with Crippen molar-refractivity contribution in [2.24, 2.45) is 10.2 Å². The van der Waals surface area contributed by atoms with E-state index in [-0.39, 0.29) is 4.90 Å². The van der Waals surface area contributed by atoms with Crippen molar-refractivity contribution in [1.29, 1.82) is 0 Å². The molecular weight excluding hydrogens is 434 g/mol. The van der Waals surface area contributed by atoms with Crippen LogP contribution in [0.15, 0.2) is 76.7 Å². The first-order chi connectivity index (χ1) is 15.8. The van der Waals surface area contributed by atoms with Gasteiger partial charge < -0.3 is 9.80 Å². The Morgan fingerprint density at radius 1 is 0.879 bits per heavy atom. The topological polar surface area (TPSA) is 91.0 Å². The summed E-state index contributed by atoms with van der Waals surface area (Å²) >= 11 is 0. The van der Waals surface area contributed by atoms with Crippen LogP contribution >= 0.6 is 0 Å². The van der Waals surface area contributed by atoms with Crippen LogP contribution in [-0.2, 0) is 10.0 Å². The van der Waals surface area contributed by atoms with E-state index in [4.69, 9.17) is 5.14 Å². The molecule has 1 aliphatic heterocycles. The molecule has 0 radical (unpaired) electrons. The Morgan fingerprint density at radius 2 is 1.52 bits per heavy atom. The number of nitrogens with one attached hydrogen (secondary N) is 1. The number of aryl methyl sites for hydroxylation is 2. The molecule has 1 fully saturated rings. The van der Waals surface area contributed by atoms with Crippen molar-refractivity contribution in [3.63, 3.8) is 0 Å². The maximum atomic E-state index is 11.3. The number of nitrogens with zero attached hydrogens (tertiary/aromatic N) is 3. The third-order valence-electron chi connectivity index (χ3n) is 5.82. The van der Waals surface area contributed by atoms with E-state index >= 15 is 0 Å². The lowest BCUT2D eigenvalue weighted by molar-refractivity contribution is 0.598. The first-order valence-corrected chi connectivity index (χ1v) is 12.4. The monoisotopic (exact) mass is 463 g/mol. The lowest BCUT2D eigenvalue weighted by Gasteiger charge is -2.38. The summed E-state index contributed by atoms with van der Waals surface area (Å²) in [5, 5.41) is 9.34. The van der Waals surface area contributed by atoms with Crippen molar-refractivity contribution in [1.82, 2.24) is 0 Å². The molecule has 1 heterocycles. The minimum atomic E-state index is -3.69. The predicted octanol–water partition coefficient (Wildman–Crippen LogP) is 3.72. The van der Waals surface area contributed by atoms with Gasteiger partial charge in [0.05, 0.1) is 16.8 Å². The lowest BCUT2D eigenvalue weighted by atomic mass is 10.1. The molecule has 3 aromatic carbocycles. The van der Waals surface area contributed by atoms with Gasteiger partial charge in [0, 0.05) is 37.6 Å². The second kappa shape index (κ2) is 9.64. The summed E-state index contributed by atoms with van der Waals surface area (Å²) in [4.78, 5) is 4.95. The molecule has 0 bridgehead atoms. The van der Waals surface area contributed by atoms with E-state index in [2.05, 4.69) is 64.5 Å². The summed E-state index contributed by atoms with van der Waals surface area (Å²) in [6.45, 7) is 8.28. The number of sulfonamides is 1. The maximum absolute atomic E-state index is 11.3. The largest absolute Gasteiger partial charge is 0.368 e. The summed E-state index contributed by atoms with van der Waals surface area (Å²) in [5.41, 5.74) is 9.72. The van der Waals surface area contributed by atoms with E-state index in [9.17, 15) is 8.42 Å². The van der Waals surface area contributed by atoms with E-state index in [1.165, 1.54) is 34.6 Å². The number of anilines is 3. The van der Waals surface area contributed by atoms with Crippen LogP contribution in [0.1, 0.15) is 16.7 Å². The zero-order chi connectivity index (χ0) is 23.4. The number of hydrogen-bond donors (Lipinski definition) is 2. The van der Waals surface area contributed by atoms with Crippen LogP contribution in [0.3, 0.4) is 0 Å². The summed E-state index contributed by atoms with van der Waals surface area (Å²) in [6, 6.07) is 21.1. The fourth-order valence-corrected chi connectivity index (χ4v) is 4.55.